The molecule has 0 unspecified atom stereocenters. The fraction of sp³-hybridized carbons (Fsp3) is 0.0196. The van der Waals surface area contributed by atoms with Gasteiger partial charge < -0.3 is 4.42 Å². The molecule has 4 aromatic heterocycles. The highest BCUT2D eigenvalue weighted by Gasteiger charge is 2.38. The van der Waals surface area contributed by atoms with E-state index in [0.717, 1.165) is 66.0 Å². The van der Waals surface area contributed by atoms with E-state index in [2.05, 4.69) is 179 Å². The number of nitrogens with zero attached hydrogens (tertiary/aromatic N) is 5. The summed E-state index contributed by atoms with van der Waals surface area (Å²) in [5.41, 5.74) is 8.84. The molecule has 0 amide bonds. The zero-order chi connectivity index (χ0) is 37.8. The van der Waals surface area contributed by atoms with E-state index in [0.29, 0.717) is 28.9 Å². The lowest BCUT2D eigenvalue weighted by Crippen LogP contribution is -2.31. The quantitative estimate of drug-likeness (QED) is 0.153. The van der Waals surface area contributed by atoms with E-state index in [9.17, 15) is 0 Å². The van der Waals surface area contributed by atoms with E-state index >= 15 is 0 Å². The first-order valence-corrected chi connectivity index (χ1v) is 19.1. The first kappa shape index (κ1) is 32.7. The predicted octanol–water partition coefficient (Wildman–Crippen LogP) is 12.0. The molecule has 0 saturated heterocycles. The maximum atomic E-state index is 6.45. The van der Waals surface area contributed by atoms with Gasteiger partial charge >= 0.3 is 0 Å². The molecule has 0 aliphatic rings. The van der Waals surface area contributed by atoms with Crippen LogP contribution in [0.25, 0.3) is 72.6 Å². The van der Waals surface area contributed by atoms with Crippen LogP contribution in [-0.4, -0.2) is 24.5 Å². The maximum Gasteiger partial charge on any atom is 0.238 e. The van der Waals surface area contributed by atoms with Gasteiger partial charge in [0.15, 0.2) is 11.6 Å². The lowest BCUT2D eigenvalue weighted by Gasteiger charge is -2.37. The van der Waals surface area contributed by atoms with Gasteiger partial charge in [0.2, 0.25) is 11.7 Å². The average Bonchev–Trinajstić information content (AvgIpc) is 3.84. The Balaban J connectivity index is 1.20. The van der Waals surface area contributed by atoms with Gasteiger partial charge in [-0.15, -0.1) is 0 Å². The van der Waals surface area contributed by atoms with Crippen LogP contribution in [0.3, 0.4) is 0 Å². The number of hydrogen-bond donors (Lipinski definition) is 0. The molecule has 0 aliphatic carbocycles. The molecule has 7 aromatic carbocycles. The summed E-state index contributed by atoms with van der Waals surface area (Å²) in [5.74, 6) is 1.57. The van der Waals surface area contributed by atoms with Gasteiger partial charge in [0, 0.05) is 33.3 Å². The van der Waals surface area contributed by atoms with Crippen LogP contribution in [0.1, 0.15) is 22.3 Å². The number of furan rings is 1. The molecular formula is C51H33N5O. The van der Waals surface area contributed by atoms with Gasteiger partial charge in [-0.1, -0.05) is 158 Å². The van der Waals surface area contributed by atoms with Gasteiger partial charge in [0.25, 0.3) is 0 Å². The SMILES string of the molecule is c1ccc(C(c2ccccc2)(c2ccccc2)c2cccc(-c3nc(-c4cccc5c4oc4ncccc45)nc(-n4c5ccccc5c5ccccc54)n3)c2)cc1. The minimum atomic E-state index is -0.641. The Labute approximate surface area is 328 Å². The van der Waals surface area contributed by atoms with Crippen molar-refractivity contribution in [2.45, 2.75) is 5.41 Å². The molecule has 6 heteroatoms. The Bertz CT molecular complexity index is 3090. The largest absolute Gasteiger partial charge is 0.437 e. The summed E-state index contributed by atoms with van der Waals surface area (Å²) in [7, 11) is 0. The van der Waals surface area contributed by atoms with Crippen molar-refractivity contribution in [1.29, 1.82) is 0 Å². The normalized spacial score (nSPS) is 11.9. The van der Waals surface area contributed by atoms with E-state index in [4.69, 9.17) is 19.4 Å². The van der Waals surface area contributed by atoms with Crippen molar-refractivity contribution < 1.29 is 4.42 Å². The average molecular weight is 732 g/mol. The van der Waals surface area contributed by atoms with Gasteiger partial charge in [-0.25, -0.2) is 9.97 Å². The zero-order valence-electron chi connectivity index (χ0n) is 30.7. The first-order valence-electron chi connectivity index (χ1n) is 19.1. The van der Waals surface area contributed by atoms with Crippen LogP contribution in [0.15, 0.2) is 205 Å². The van der Waals surface area contributed by atoms with Gasteiger partial charge in [0.05, 0.1) is 22.0 Å². The van der Waals surface area contributed by atoms with Crippen LogP contribution >= 0.6 is 0 Å². The van der Waals surface area contributed by atoms with E-state index in [-0.39, 0.29) is 0 Å². The molecule has 0 spiro atoms. The number of hydrogen-bond acceptors (Lipinski definition) is 5. The summed E-state index contributed by atoms with van der Waals surface area (Å²) < 4.78 is 8.59. The van der Waals surface area contributed by atoms with Crippen molar-refractivity contribution in [1.82, 2.24) is 24.5 Å². The van der Waals surface area contributed by atoms with Crippen molar-refractivity contribution in [3.63, 3.8) is 0 Å². The summed E-state index contributed by atoms with van der Waals surface area (Å²) in [6.45, 7) is 0. The number of pyridine rings is 1. The van der Waals surface area contributed by atoms with Crippen molar-refractivity contribution in [2.24, 2.45) is 0 Å². The van der Waals surface area contributed by atoms with E-state index in [1.807, 2.05) is 24.3 Å². The molecule has 4 heterocycles. The third kappa shape index (κ3) is 5.19. The lowest BCUT2D eigenvalue weighted by atomic mass is 9.65. The van der Waals surface area contributed by atoms with Gasteiger partial charge in [-0.3, -0.25) is 4.57 Å². The van der Waals surface area contributed by atoms with Crippen molar-refractivity contribution in [2.75, 3.05) is 0 Å². The Morgan fingerprint density at radius 3 is 1.60 bits per heavy atom. The Kier molecular flexibility index (Phi) is 7.60. The van der Waals surface area contributed by atoms with Crippen molar-refractivity contribution >= 4 is 43.9 Å². The molecule has 0 bridgehead atoms. The zero-order valence-corrected chi connectivity index (χ0v) is 30.7. The predicted molar refractivity (Wildman–Crippen MR) is 228 cm³/mol. The smallest absolute Gasteiger partial charge is 0.238 e. The highest BCUT2D eigenvalue weighted by Crippen LogP contribution is 2.46. The second-order valence-corrected chi connectivity index (χ2v) is 14.2. The van der Waals surface area contributed by atoms with Gasteiger partial charge in [-0.2, -0.15) is 9.97 Å². The van der Waals surface area contributed by atoms with Crippen molar-refractivity contribution in [3.8, 4) is 28.7 Å². The molecule has 0 aliphatic heterocycles. The molecule has 0 radical (unpaired) electrons. The fourth-order valence-corrected chi connectivity index (χ4v) is 8.62. The third-order valence-corrected chi connectivity index (χ3v) is 11.1. The molecular weight excluding hydrogens is 699 g/mol. The minimum absolute atomic E-state index is 0.507. The second-order valence-electron chi connectivity index (χ2n) is 14.2. The third-order valence-electron chi connectivity index (χ3n) is 11.1. The summed E-state index contributed by atoms with van der Waals surface area (Å²) in [5, 5.41) is 4.15. The second kappa shape index (κ2) is 13.3. The Hall–Kier alpha value is -7.70. The molecule has 11 aromatic rings. The van der Waals surface area contributed by atoms with Gasteiger partial charge in [-0.05, 0) is 58.7 Å². The molecule has 0 atom stereocenters. The maximum absolute atomic E-state index is 6.45. The van der Waals surface area contributed by atoms with Crippen LogP contribution in [0.5, 0.6) is 0 Å². The molecule has 11 rings (SSSR count). The first-order chi connectivity index (χ1) is 28.3. The highest BCUT2D eigenvalue weighted by molar-refractivity contribution is 6.09. The lowest BCUT2D eigenvalue weighted by molar-refractivity contribution is 0.654. The molecule has 6 nitrogen and oxygen atoms in total. The summed E-state index contributed by atoms with van der Waals surface area (Å²) in [6.07, 6.45) is 1.75. The number of fused-ring (bicyclic) bond motifs is 6. The summed E-state index contributed by atoms with van der Waals surface area (Å²) >= 11 is 0. The van der Waals surface area contributed by atoms with Crippen LogP contribution < -0.4 is 0 Å². The van der Waals surface area contributed by atoms with E-state index < -0.39 is 5.41 Å². The monoisotopic (exact) mass is 731 g/mol. The Morgan fingerprint density at radius 2 is 0.947 bits per heavy atom. The van der Waals surface area contributed by atoms with Crippen LogP contribution in [0, 0.1) is 0 Å². The topological polar surface area (TPSA) is 69.6 Å². The number of aromatic nitrogens is 5. The van der Waals surface area contributed by atoms with E-state index in [1.165, 1.54) is 0 Å². The van der Waals surface area contributed by atoms with E-state index in [1.54, 1.807) is 6.20 Å². The van der Waals surface area contributed by atoms with Crippen LogP contribution in [-0.2, 0) is 5.41 Å². The minimum Gasteiger partial charge on any atom is -0.437 e. The molecule has 0 fully saturated rings. The fourth-order valence-electron chi connectivity index (χ4n) is 8.62. The molecule has 0 saturated carbocycles. The molecule has 268 valence electrons. The number of benzene rings is 7. The summed E-state index contributed by atoms with van der Waals surface area (Å²) in [6, 6.07) is 67.8. The number of rotatable bonds is 7. The van der Waals surface area contributed by atoms with Gasteiger partial charge in [0.1, 0.15) is 5.58 Å². The molecule has 0 N–H and O–H groups in total. The molecule has 57 heavy (non-hydrogen) atoms. The standard InChI is InChI=1S/C51H33N5O/c1-4-18-35(19-5-1)51(36-20-6-2-7-21-36,37-22-8-3-9-23-37)38-24-14-17-34(33-38)47-53-48(43-28-15-27-41-42-29-16-32-52-49(42)57-46(41)43)55-50(54-47)56-44-30-12-10-25-39(44)40-26-11-13-31-45(40)56/h1-33H. The summed E-state index contributed by atoms with van der Waals surface area (Å²) in [4.78, 5) is 20.4. The Morgan fingerprint density at radius 1 is 0.421 bits per heavy atom. The number of para-hydroxylation sites is 3. The van der Waals surface area contributed by atoms with Crippen molar-refractivity contribution in [3.05, 3.63) is 223 Å². The van der Waals surface area contributed by atoms with Crippen LogP contribution in [0.2, 0.25) is 0 Å². The van der Waals surface area contributed by atoms with Crippen LogP contribution in [0.4, 0.5) is 0 Å². The highest BCUT2D eigenvalue weighted by atomic mass is 16.3.